The van der Waals surface area contributed by atoms with Crippen LogP contribution in [0.15, 0.2) is 59.1 Å². The molecule has 0 spiro atoms. The summed E-state index contributed by atoms with van der Waals surface area (Å²) in [5.41, 5.74) is 7.67. The van der Waals surface area contributed by atoms with E-state index in [9.17, 15) is 4.79 Å². The van der Waals surface area contributed by atoms with Gasteiger partial charge in [0.1, 0.15) is 0 Å². The predicted molar refractivity (Wildman–Crippen MR) is 110 cm³/mol. The minimum Gasteiger partial charge on any atom is -0.345 e. The number of carbonyl (C=O) groups is 1. The number of benzene rings is 2. The Hall–Kier alpha value is -1.36. The van der Waals surface area contributed by atoms with Crippen LogP contribution in [0.1, 0.15) is 49.3 Å². The summed E-state index contributed by atoms with van der Waals surface area (Å²) in [6, 6.07) is 18.1. The number of amides is 1. The summed E-state index contributed by atoms with van der Waals surface area (Å²) in [6.45, 7) is 0.728. The number of hydrogen-bond donors (Lipinski definition) is 2. The molecule has 25 heavy (non-hydrogen) atoms. The first kappa shape index (κ1) is 21.7. The molecule has 0 aliphatic heterocycles. The molecule has 0 saturated heterocycles. The van der Waals surface area contributed by atoms with E-state index in [2.05, 4.69) is 21.2 Å². The third-order valence-corrected chi connectivity index (χ3v) is 4.53. The zero-order valence-corrected chi connectivity index (χ0v) is 16.7. The molecule has 0 aromatic heterocycles. The Labute approximate surface area is 164 Å². The summed E-state index contributed by atoms with van der Waals surface area (Å²) in [6.07, 6.45) is 4.66. The second-order valence-corrected chi connectivity index (χ2v) is 6.83. The standard InChI is InChI=1S/C20H25BrN2O.ClH/c21-18-13-11-17(12-14-18)20(16-8-4-3-5-9-16)23-19(24)10-6-1-2-7-15-22;/h3-5,8-9,11-14,20H,1-2,6-7,10,15,22H2,(H,23,24);1H. The molecule has 0 saturated carbocycles. The second kappa shape index (κ2) is 12.1. The molecule has 0 heterocycles. The number of nitrogens with one attached hydrogen (secondary N) is 1. The molecule has 2 rings (SSSR count). The van der Waals surface area contributed by atoms with Gasteiger partial charge >= 0.3 is 0 Å². The van der Waals surface area contributed by atoms with E-state index in [1.54, 1.807) is 0 Å². The van der Waals surface area contributed by atoms with Gasteiger partial charge in [0.05, 0.1) is 6.04 Å². The van der Waals surface area contributed by atoms with Crippen molar-refractivity contribution in [2.45, 2.75) is 38.1 Å². The lowest BCUT2D eigenvalue weighted by Crippen LogP contribution is -2.29. The molecular formula is C20H26BrClN2O. The van der Waals surface area contributed by atoms with Gasteiger partial charge in [-0.1, -0.05) is 71.2 Å². The van der Waals surface area contributed by atoms with Crippen molar-refractivity contribution in [2.75, 3.05) is 6.54 Å². The van der Waals surface area contributed by atoms with E-state index >= 15 is 0 Å². The quantitative estimate of drug-likeness (QED) is 0.556. The van der Waals surface area contributed by atoms with E-state index < -0.39 is 0 Å². The summed E-state index contributed by atoms with van der Waals surface area (Å²) >= 11 is 3.46. The van der Waals surface area contributed by atoms with E-state index in [1.807, 2.05) is 54.6 Å². The molecular weight excluding hydrogens is 400 g/mol. The Morgan fingerprint density at radius 1 is 0.920 bits per heavy atom. The summed E-state index contributed by atoms with van der Waals surface area (Å²) < 4.78 is 1.03. The van der Waals surface area contributed by atoms with Crippen molar-refractivity contribution in [2.24, 2.45) is 5.73 Å². The van der Waals surface area contributed by atoms with Gasteiger partial charge in [-0.25, -0.2) is 0 Å². The highest BCUT2D eigenvalue weighted by Gasteiger charge is 2.16. The Balaban J connectivity index is 0.00000312. The first-order valence-corrected chi connectivity index (χ1v) is 9.30. The molecule has 1 atom stereocenters. The van der Waals surface area contributed by atoms with Crippen molar-refractivity contribution in [3.05, 3.63) is 70.2 Å². The average molecular weight is 426 g/mol. The maximum atomic E-state index is 12.4. The van der Waals surface area contributed by atoms with Crippen LogP contribution in [0.25, 0.3) is 0 Å². The molecule has 5 heteroatoms. The fourth-order valence-corrected chi connectivity index (χ4v) is 2.94. The Kier molecular flexibility index (Phi) is 10.5. The molecule has 2 aromatic rings. The van der Waals surface area contributed by atoms with Gasteiger partial charge in [0.25, 0.3) is 0 Å². The van der Waals surface area contributed by atoms with Crippen LogP contribution in [-0.2, 0) is 4.79 Å². The molecule has 0 radical (unpaired) electrons. The number of carbonyl (C=O) groups excluding carboxylic acids is 1. The van der Waals surface area contributed by atoms with Crippen molar-refractivity contribution in [1.29, 1.82) is 0 Å². The van der Waals surface area contributed by atoms with Crippen LogP contribution < -0.4 is 11.1 Å². The topological polar surface area (TPSA) is 55.1 Å². The molecule has 0 fully saturated rings. The SMILES string of the molecule is Cl.NCCCCCCC(=O)NC(c1ccccc1)c1ccc(Br)cc1. The number of rotatable bonds is 9. The van der Waals surface area contributed by atoms with Gasteiger partial charge in [-0.15, -0.1) is 12.4 Å². The zero-order valence-electron chi connectivity index (χ0n) is 14.3. The number of halogens is 2. The number of hydrogen-bond acceptors (Lipinski definition) is 2. The van der Waals surface area contributed by atoms with Gasteiger partial charge < -0.3 is 11.1 Å². The van der Waals surface area contributed by atoms with E-state index in [0.29, 0.717) is 6.42 Å². The van der Waals surface area contributed by atoms with Gasteiger partial charge in [0, 0.05) is 10.9 Å². The van der Waals surface area contributed by atoms with Crippen molar-refractivity contribution >= 4 is 34.2 Å². The first-order valence-electron chi connectivity index (χ1n) is 8.50. The van der Waals surface area contributed by atoms with Gasteiger partial charge in [-0.05, 0) is 42.6 Å². The summed E-state index contributed by atoms with van der Waals surface area (Å²) in [5, 5.41) is 3.18. The molecule has 3 N–H and O–H groups in total. The third kappa shape index (κ3) is 7.59. The Bertz CT molecular complexity index is 619. The number of unbranched alkanes of at least 4 members (excludes halogenated alkanes) is 3. The van der Waals surface area contributed by atoms with Crippen LogP contribution >= 0.6 is 28.3 Å². The Morgan fingerprint density at radius 2 is 1.52 bits per heavy atom. The Morgan fingerprint density at radius 3 is 2.16 bits per heavy atom. The largest absolute Gasteiger partial charge is 0.345 e. The maximum Gasteiger partial charge on any atom is 0.220 e. The van der Waals surface area contributed by atoms with Gasteiger partial charge in [-0.2, -0.15) is 0 Å². The van der Waals surface area contributed by atoms with E-state index in [0.717, 1.165) is 47.8 Å². The van der Waals surface area contributed by atoms with Crippen LogP contribution in [0.3, 0.4) is 0 Å². The highest BCUT2D eigenvalue weighted by atomic mass is 79.9. The molecule has 1 amide bonds. The van der Waals surface area contributed by atoms with Gasteiger partial charge in [0.15, 0.2) is 0 Å². The number of nitrogens with two attached hydrogens (primary N) is 1. The van der Waals surface area contributed by atoms with Crippen LogP contribution in [-0.4, -0.2) is 12.5 Å². The molecule has 0 aliphatic carbocycles. The van der Waals surface area contributed by atoms with Crippen molar-refractivity contribution in [1.82, 2.24) is 5.32 Å². The van der Waals surface area contributed by atoms with Gasteiger partial charge in [-0.3, -0.25) is 4.79 Å². The van der Waals surface area contributed by atoms with Gasteiger partial charge in [0.2, 0.25) is 5.91 Å². The molecule has 0 bridgehead atoms. The van der Waals surface area contributed by atoms with Crippen molar-refractivity contribution in [3.63, 3.8) is 0 Å². The fourth-order valence-electron chi connectivity index (χ4n) is 2.68. The lowest BCUT2D eigenvalue weighted by atomic mass is 9.98. The van der Waals surface area contributed by atoms with Crippen LogP contribution in [0.4, 0.5) is 0 Å². The lowest BCUT2D eigenvalue weighted by molar-refractivity contribution is -0.121. The van der Waals surface area contributed by atoms with Crippen molar-refractivity contribution in [3.8, 4) is 0 Å². The summed E-state index contributed by atoms with van der Waals surface area (Å²) in [7, 11) is 0. The average Bonchev–Trinajstić information content (AvgIpc) is 2.61. The molecule has 0 aliphatic rings. The lowest BCUT2D eigenvalue weighted by Gasteiger charge is -2.20. The van der Waals surface area contributed by atoms with Crippen LogP contribution in [0, 0.1) is 0 Å². The molecule has 3 nitrogen and oxygen atoms in total. The van der Waals surface area contributed by atoms with E-state index in [4.69, 9.17) is 5.73 Å². The highest BCUT2D eigenvalue weighted by molar-refractivity contribution is 9.10. The molecule has 136 valence electrons. The zero-order chi connectivity index (χ0) is 17.2. The normalized spacial score (nSPS) is 11.4. The maximum absolute atomic E-state index is 12.4. The predicted octanol–water partition coefficient (Wildman–Crippen LogP) is 4.99. The highest BCUT2D eigenvalue weighted by Crippen LogP contribution is 2.24. The van der Waals surface area contributed by atoms with E-state index in [1.165, 1.54) is 0 Å². The molecule has 2 aromatic carbocycles. The first-order chi connectivity index (χ1) is 11.7. The van der Waals surface area contributed by atoms with Crippen LogP contribution in [0.2, 0.25) is 0 Å². The minimum atomic E-state index is -0.115. The third-order valence-electron chi connectivity index (χ3n) is 4.00. The monoisotopic (exact) mass is 424 g/mol. The second-order valence-electron chi connectivity index (χ2n) is 5.92. The smallest absolute Gasteiger partial charge is 0.220 e. The van der Waals surface area contributed by atoms with E-state index in [-0.39, 0.29) is 24.4 Å². The molecule has 1 unspecified atom stereocenters. The van der Waals surface area contributed by atoms with Crippen molar-refractivity contribution < 1.29 is 4.79 Å². The van der Waals surface area contributed by atoms with Crippen LogP contribution in [0.5, 0.6) is 0 Å². The summed E-state index contributed by atoms with van der Waals surface area (Å²) in [5.74, 6) is 0.0968. The fraction of sp³-hybridized carbons (Fsp3) is 0.350. The minimum absolute atomic E-state index is 0. The summed E-state index contributed by atoms with van der Waals surface area (Å²) in [4.78, 5) is 12.4.